The van der Waals surface area contributed by atoms with Gasteiger partial charge in [0.25, 0.3) is 0 Å². The van der Waals surface area contributed by atoms with Crippen molar-refractivity contribution in [3.05, 3.63) is 28.2 Å². The van der Waals surface area contributed by atoms with E-state index in [0.717, 1.165) is 16.8 Å². The molecule has 18 heavy (non-hydrogen) atoms. The van der Waals surface area contributed by atoms with Crippen LogP contribution in [-0.4, -0.2) is 19.3 Å². The van der Waals surface area contributed by atoms with Gasteiger partial charge in [0, 0.05) is 16.8 Å². The van der Waals surface area contributed by atoms with Crippen molar-refractivity contribution in [1.29, 1.82) is 5.26 Å². The maximum Gasteiger partial charge on any atom is 0.0992 e. The Morgan fingerprint density at radius 3 is 2.67 bits per heavy atom. The zero-order valence-electron chi connectivity index (χ0n) is 11.0. The van der Waals surface area contributed by atoms with Crippen LogP contribution < -0.4 is 5.32 Å². The first-order valence-electron chi connectivity index (χ1n) is 6.12. The number of nitrogens with one attached hydrogen (secondary N) is 1. The standard InChI is InChI=1S/C14H19BrN2O/c1-4-18-9-14(10(2)3)17-13-6-5-11(8-16)7-12(13)15/h5-7,10,14,17H,4,9H2,1-3H3. The number of halogens is 1. The second-order valence-electron chi connectivity index (χ2n) is 4.46. The third-order valence-electron chi connectivity index (χ3n) is 2.75. The summed E-state index contributed by atoms with van der Waals surface area (Å²) < 4.78 is 6.39. The molecular weight excluding hydrogens is 292 g/mol. The highest BCUT2D eigenvalue weighted by molar-refractivity contribution is 9.10. The third-order valence-corrected chi connectivity index (χ3v) is 3.40. The van der Waals surface area contributed by atoms with E-state index in [-0.39, 0.29) is 6.04 Å². The van der Waals surface area contributed by atoms with E-state index in [4.69, 9.17) is 10.00 Å². The van der Waals surface area contributed by atoms with E-state index in [0.29, 0.717) is 18.1 Å². The lowest BCUT2D eigenvalue weighted by Gasteiger charge is -2.24. The first-order chi connectivity index (χ1) is 8.58. The van der Waals surface area contributed by atoms with Crippen LogP contribution in [0, 0.1) is 17.2 Å². The number of hydrogen-bond donors (Lipinski definition) is 1. The fourth-order valence-corrected chi connectivity index (χ4v) is 2.04. The average molecular weight is 311 g/mol. The summed E-state index contributed by atoms with van der Waals surface area (Å²) in [6.07, 6.45) is 0. The molecular formula is C14H19BrN2O. The molecule has 1 unspecified atom stereocenters. The largest absolute Gasteiger partial charge is 0.380 e. The van der Waals surface area contributed by atoms with Crippen LogP contribution in [0.15, 0.2) is 22.7 Å². The Hall–Kier alpha value is -1.05. The summed E-state index contributed by atoms with van der Waals surface area (Å²) in [5.74, 6) is 0.471. The van der Waals surface area contributed by atoms with Gasteiger partial charge in [-0.15, -0.1) is 0 Å². The van der Waals surface area contributed by atoms with Crippen LogP contribution in [0.2, 0.25) is 0 Å². The molecule has 0 fully saturated rings. The third kappa shape index (κ3) is 4.32. The molecule has 1 atom stereocenters. The highest BCUT2D eigenvalue weighted by Crippen LogP contribution is 2.25. The quantitative estimate of drug-likeness (QED) is 0.869. The second-order valence-corrected chi connectivity index (χ2v) is 5.32. The van der Waals surface area contributed by atoms with Crippen LogP contribution in [0.5, 0.6) is 0 Å². The summed E-state index contributed by atoms with van der Waals surface area (Å²) in [7, 11) is 0. The van der Waals surface area contributed by atoms with Crippen LogP contribution in [0.25, 0.3) is 0 Å². The highest BCUT2D eigenvalue weighted by atomic mass is 79.9. The molecule has 1 rings (SSSR count). The Morgan fingerprint density at radius 1 is 1.44 bits per heavy atom. The lowest BCUT2D eigenvalue weighted by molar-refractivity contribution is 0.127. The number of nitrogens with zero attached hydrogens (tertiary/aromatic N) is 1. The van der Waals surface area contributed by atoms with Crippen molar-refractivity contribution in [2.24, 2.45) is 5.92 Å². The molecule has 1 aromatic rings. The minimum absolute atomic E-state index is 0.259. The summed E-state index contributed by atoms with van der Waals surface area (Å²) in [5, 5.41) is 12.3. The average Bonchev–Trinajstić information content (AvgIpc) is 2.35. The number of hydrogen-bond acceptors (Lipinski definition) is 3. The van der Waals surface area contributed by atoms with Crippen molar-refractivity contribution in [3.8, 4) is 6.07 Å². The van der Waals surface area contributed by atoms with Crippen LogP contribution in [-0.2, 0) is 4.74 Å². The number of anilines is 1. The summed E-state index contributed by atoms with van der Waals surface area (Å²) in [6.45, 7) is 7.72. The maximum absolute atomic E-state index is 8.83. The number of nitriles is 1. The number of benzene rings is 1. The fourth-order valence-electron chi connectivity index (χ4n) is 1.55. The first-order valence-corrected chi connectivity index (χ1v) is 6.91. The number of ether oxygens (including phenoxy) is 1. The number of rotatable bonds is 6. The summed E-state index contributed by atoms with van der Waals surface area (Å²) >= 11 is 3.48. The SMILES string of the molecule is CCOCC(Nc1ccc(C#N)cc1Br)C(C)C. The van der Waals surface area contributed by atoms with Gasteiger partial charge in [-0.2, -0.15) is 5.26 Å². The predicted molar refractivity (Wildman–Crippen MR) is 77.6 cm³/mol. The molecule has 1 aromatic carbocycles. The zero-order valence-corrected chi connectivity index (χ0v) is 12.6. The van der Waals surface area contributed by atoms with Crippen molar-refractivity contribution >= 4 is 21.6 Å². The predicted octanol–water partition coefficient (Wildman–Crippen LogP) is 3.79. The molecule has 0 spiro atoms. The van der Waals surface area contributed by atoms with E-state index >= 15 is 0 Å². The Kier molecular flexibility index (Phi) is 6.17. The topological polar surface area (TPSA) is 45.0 Å². The van der Waals surface area contributed by atoms with Gasteiger partial charge in [-0.05, 0) is 47.0 Å². The molecule has 0 amide bonds. The van der Waals surface area contributed by atoms with Gasteiger partial charge in [-0.3, -0.25) is 0 Å². The molecule has 98 valence electrons. The molecule has 0 saturated carbocycles. The maximum atomic E-state index is 8.83. The summed E-state index contributed by atoms with van der Waals surface area (Å²) in [4.78, 5) is 0. The van der Waals surface area contributed by atoms with Crippen molar-refractivity contribution in [3.63, 3.8) is 0 Å². The van der Waals surface area contributed by atoms with Gasteiger partial charge < -0.3 is 10.1 Å². The normalized spacial score (nSPS) is 12.2. The minimum Gasteiger partial charge on any atom is -0.380 e. The van der Waals surface area contributed by atoms with Crippen molar-refractivity contribution in [2.45, 2.75) is 26.8 Å². The van der Waals surface area contributed by atoms with Crippen LogP contribution in [0.1, 0.15) is 26.3 Å². The summed E-state index contributed by atoms with van der Waals surface area (Å²) in [5.41, 5.74) is 1.64. The van der Waals surface area contributed by atoms with Crippen molar-refractivity contribution < 1.29 is 4.74 Å². The van der Waals surface area contributed by atoms with E-state index in [1.165, 1.54) is 0 Å². The van der Waals surface area contributed by atoms with Gasteiger partial charge in [-0.25, -0.2) is 0 Å². The molecule has 0 aliphatic heterocycles. The van der Waals surface area contributed by atoms with Gasteiger partial charge in [0.1, 0.15) is 0 Å². The van der Waals surface area contributed by atoms with E-state index in [1.807, 2.05) is 25.1 Å². The molecule has 3 nitrogen and oxygen atoms in total. The van der Waals surface area contributed by atoms with Crippen LogP contribution >= 0.6 is 15.9 Å². The van der Waals surface area contributed by atoms with Crippen LogP contribution in [0.3, 0.4) is 0 Å². The van der Waals surface area contributed by atoms with Gasteiger partial charge >= 0.3 is 0 Å². The molecule has 1 N–H and O–H groups in total. The van der Waals surface area contributed by atoms with E-state index in [1.54, 1.807) is 0 Å². The summed E-state index contributed by atoms with van der Waals surface area (Å²) in [6, 6.07) is 7.93. The molecule has 0 aliphatic rings. The highest BCUT2D eigenvalue weighted by Gasteiger charge is 2.14. The van der Waals surface area contributed by atoms with Gasteiger partial charge in [-0.1, -0.05) is 13.8 Å². The lowest BCUT2D eigenvalue weighted by Crippen LogP contribution is -2.31. The molecule has 0 aliphatic carbocycles. The Labute approximate surface area is 117 Å². The fraction of sp³-hybridized carbons (Fsp3) is 0.500. The van der Waals surface area contributed by atoms with E-state index in [2.05, 4.69) is 41.2 Å². The van der Waals surface area contributed by atoms with Gasteiger partial charge in [0.2, 0.25) is 0 Å². The molecule has 0 radical (unpaired) electrons. The monoisotopic (exact) mass is 310 g/mol. The second kappa shape index (κ2) is 7.40. The van der Waals surface area contributed by atoms with E-state index in [9.17, 15) is 0 Å². The van der Waals surface area contributed by atoms with Crippen molar-refractivity contribution in [1.82, 2.24) is 0 Å². The molecule has 0 saturated heterocycles. The lowest BCUT2D eigenvalue weighted by atomic mass is 10.0. The first kappa shape index (κ1) is 15.0. The van der Waals surface area contributed by atoms with Gasteiger partial charge in [0.05, 0.1) is 24.3 Å². The molecule has 0 bridgehead atoms. The van der Waals surface area contributed by atoms with Crippen LogP contribution in [0.4, 0.5) is 5.69 Å². The smallest absolute Gasteiger partial charge is 0.0992 e. The van der Waals surface area contributed by atoms with E-state index < -0.39 is 0 Å². The Morgan fingerprint density at radius 2 is 2.17 bits per heavy atom. The zero-order chi connectivity index (χ0) is 13.5. The molecule has 0 aromatic heterocycles. The Bertz CT molecular complexity index is 426. The Balaban J connectivity index is 2.78. The van der Waals surface area contributed by atoms with Crippen molar-refractivity contribution in [2.75, 3.05) is 18.5 Å². The minimum atomic E-state index is 0.259. The molecule has 4 heteroatoms. The molecule has 0 heterocycles. The van der Waals surface area contributed by atoms with Gasteiger partial charge in [0.15, 0.2) is 0 Å².